The largest absolute Gasteiger partial charge is 0.375 e. The molecule has 1 atom stereocenters. The Bertz CT molecular complexity index is 647. The van der Waals surface area contributed by atoms with Crippen LogP contribution in [0, 0.1) is 5.92 Å². The Balaban J connectivity index is 1.42. The lowest BCUT2D eigenvalue weighted by molar-refractivity contribution is -0.140. The summed E-state index contributed by atoms with van der Waals surface area (Å²) in [4.78, 5) is 33.2. The molecule has 2 saturated heterocycles. The van der Waals surface area contributed by atoms with Gasteiger partial charge in [-0.2, -0.15) is 0 Å². The van der Waals surface area contributed by atoms with Crippen LogP contribution in [-0.2, 0) is 14.3 Å². The van der Waals surface area contributed by atoms with Gasteiger partial charge in [-0.1, -0.05) is 6.92 Å². The zero-order valence-electron chi connectivity index (χ0n) is 15.7. The van der Waals surface area contributed by atoms with Crippen LogP contribution in [0.5, 0.6) is 0 Å². The quantitative estimate of drug-likeness (QED) is 0.761. The number of ether oxygens (including phenoxy) is 1. The van der Waals surface area contributed by atoms with Gasteiger partial charge in [0.2, 0.25) is 11.8 Å². The van der Waals surface area contributed by atoms with Crippen molar-refractivity contribution in [3.63, 3.8) is 0 Å². The van der Waals surface area contributed by atoms with Gasteiger partial charge >= 0.3 is 0 Å². The molecular weight excluding hydrogens is 412 g/mol. The Hall–Kier alpha value is -1.51. The van der Waals surface area contributed by atoms with Crippen LogP contribution in [0.25, 0.3) is 0 Å². The van der Waals surface area contributed by atoms with Crippen LogP contribution in [0.1, 0.15) is 26.2 Å². The molecule has 0 aliphatic carbocycles. The van der Waals surface area contributed by atoms with Crippen LogP contribution >= 0.6 is 15.9 Å². The van der Waals surface area contributed by atoms with Gasteiger partial charge in [0.25, 0.3) is 0 Å². The van der Waals surface area contributed by atoms with Gasteiger partial charge in [-0.25, -0.2) is 4.98 Å². The Kier molecular flexibility index (Phi) is 7.20. The molecule has 0 spiro atoms. The van der Waals surface area contributed by atoms with Crippen molar-refractivity contribution >= 4 is 33.6 Å². The first-order chi connectivity index (χ1) is 13.0. The van der Waals surface area contributed by atoms with Gasteiger partial charge in [-0.05, 0) is 60.4 Å². The summed E-state index contributed by atoms with van der Waals surface area (Å²) >= 11 is 3.33. The lowest BCUT2D eigenvalue weighted by Crippen LogP contribution is -2.50. The lowest BCUT2D eigenvalue weighted by Gasteiger charge is -2.35. The lowest BCUT2D eigenvalue weighted by atomic mass is 9.96. The number of rotatable bonds is 5. The summed E-state index contributed by atoms with van der Waals surface area (Å²) in [6.07, 6.45) is 4.27. The van der Waals surface area contributed by atoms with Gasteiger partial charge in [-0.15, -0.1) is 0 Å². The molecule has 3 heterocycles. The smallest absolute Gasteiger partial charge is 0.236 e. The van der Waals surface area contributed by atoms with E-state index in [0.717, 1.165) is 36.8 Å². The molecule has 1 aromatic heterocycles. The van der Waals surface area contributed by atoms with Gasteiger partial charge in [0.05, 0.1) is 19.3 Å². The summed E-state index contributed by atoms with van der Waals surface area (Å²) in [7, 11) is 0. The Morgan fingerprint density at radius 3 is 2.74 bits per heavy atom. The predicted molar refractivity (Wildman–Crippen MR) is 106 cm³/mol. The van der Waals surface area contributed by atoms with E-state index in [1.54, 1.807) is 12.3 Å². The molecule has 0 radical (unpaired) electrons. The zero-order chi connectivity index (χ0) is 19.2. The highest BCUT2D eigenvalue weighted by Crippen LogP contribution is 2.20. The number of likely N-dealkylation sites (tertiary alicyclic amines) is 1. The molecule has 3 rings (SSSR count). The van der Waals surface area contributed by atoms with Crippen LogP contribution in [0.2, 0.25) is 0 Å². The molecule has 2 amide bonds. The van der Waals surface area contributed by atoms with Crippen molar-refractivity contribution in [3.05, 3.63) is 22.8 Å². The molecule has 148 valence electrons. The molecule has 1 aromatic rings. The molecular formula is C19H27BrN4O3. The number of carbonyl (C=O) groups is 2. The second kappa shape index (κ2) is 9.61. The molecule has 2 aliphatic heterocycles. The highest BCUT2D eigenvalue weighted by atomic mass is 79.9. The van der Waals surface area contributed by atoms with Crippen LogP contribution in [0.15, 0.2) is 22.8 Å². The predicted octanol–water partition coefficient (Wildman–Crippen LogP) is 2.13. The van der Waals surface area contributed by atoms with Crippen molar-refractivity contribution < 1.29 is 14.3 Å². The van der Waals surface area contributed by atoms with E-state index in [1.807, 2.05) is 11.0 Å². The van der Waals surface area contributed by atoms with Crippen molar-refractivity contribution in [2.75, 3.05) is 44.6 Å². The molecule has 1 unspecified atom stereocenters. The third-order valence-corrected chi connectivity index (χ3v) is 5.71. The molecule has 8 heteroatoms. The maximum atomic E-state index is 12.5. The SMILES string of the molecule is CCC1CN(C(=O)CN2CCC(C(=O)Nc3ccc(Br)cn3)CC2)CCO1. The summed E-state index contributed by atoms with van der Waals surface area (Å²) in [5.41, 5.74) is 0. The number of nitrogens with zero attached hydrogens (tertiary/aromatic N) is 3. The first-order valence-electron chi connectivity index (χ1n) is 9.59. The molecule has 27 heavy (non-hydrogen) atoms. The monoisotopic (exact) mass is 438 g/mol. The van der Waals surface area contributed by atoms with Crippen LogP contribution in [0.3, 0.4) is 0 Å². The first kappa shape index (κ1) is 20.2. The first-order valence-corrected chi connectivity index (χ1v) is 10.4. The topological polar surface area (TPSA) is 74.8 Å². The van der Waals surface area contributed by atoms with Crippen molar-refractivity contribution in [1.29, 1.82) is 0 Å². The minimum absolute atomic E-state index is 0.00904. The molecule has 7 nitrogen and oxygen atoms in total. The number of hydrogen-bond donors (Lipinski definition) is 1. The van der Waals surface area contributed by atoms with Gasteiger partial charge in [0, 0.05) is 29.7 Å². The van der Waals surface area contributed by atoms with E-state index in [4.69, 9.17) is 4.74 Å². The van der Waals surface area contributed by atoms with Gasteiger partial charge in [-0.3, -0.25) is 14.5 Å². The molecule has 0 saturated carbocycles. The number of piperidine rings is 1. The highest BCUT2D eigenvalue weighted by Gasteiger charge is 2.28. The fraction of sp³-hybridized carbons (Fsp3) is 0.632. The fourth-order valence-corrected chi connectivity index (χ4v) is 3.75. The normalized spacial score (nSPS) is 21.9. The number of anilines is 1. The van der Waals surface area contributed by atoms with Crippen molar-refractivity contribution in [2.24, 2.45) is 5.92 Å². The van der Waals surface area contributed by atoms with E-state index in [-0.39, 0.29) is 23.8 Å². The Morgan fingerprint density at radius 2 is 2.07 bits per heavy atom. The summed E-state index contributed by atoms with van der Waals surface area (Å²) in [6, 6.07) is 3.63. The van der Waals surface area contributed by atoms with E-state index in [2.05, 4.69) is 38.1 Å². The number of morpholine rings is 1. The minimum atomic E-state index is -0.0327. The van der Waals surface area contributed by atoms with Crippen molar-refractivity contribution in [3.8, 4) is 0 Å². The maximum Gasteiger partial charge on any atom is 0.236 e. The van der Waals surface area contributed by atoms with E-state index in [0.29, 0.717) is 32.1 Å². The van der Waals surface area contributed by atoms with Crippen LogP contribution in [0.4, 0.5) is 5.82 Å². The van der Waals surface area contributed by atoms with Gasteiger partial charge in [0.15, 0.2) is 0 Å². The molecule has 0 bridgehead atoms. The highest BCUT2D eigenvalue weighted by molar-refractivity contribution is 9.10. The van der Waals surface area contributed by atoms with Gasteiger partial charge < -0.3 is 15.0 Å². The number of hydrogen-bond acceptors (Lipinski definition) is 5. The van der Waals surface area contributed by atoms with E-state index in [9.17, 15) is 9.59 Å². The van der Waals surface area contributed by atoms with Crippen molar-refractivity contribution in [1.82, 2.24) is 14.8 Å². The van der Waals surface area contributed by atoms with Crippen LogP contribution < -0.4 is 5.32 Å². The molecule has 2 aliphatic rings. The number of pyridine rings is 1. The maximum absolute atomic E-state index is 12.5. The number of halogens is 1. The van der Waals surface area contributed by atoms with Crippen LogP contribution in [-0.4, -0.2) is 72.0 Å². The summed E-state index contributed by atoms with van der Waals surface area (Å²) < 4.78 is 6.51. The number of aromatic nitrogens is 1. The second-order valence-corrected chi connectivity index (χ2v) is 8.06. The van der Waals surface area contributed by atoms with Crippen molar-refractivity contribution in [2.45, 2.75) is 32.3 Å². The number of amides is 2. The molecule has 1 N–H and O–H groups in total. The van der Waals surface area contributed by atoms with E-state index < -0.39 is 0 Å². The van der Waals surface area contributed by atoms with E-state index >= 15 is 0 Å². The zero-order valence-corrected chi connectivity index (χ0v) is 17.3. The fourth-order valence-electron chi connectivity index (χ4n) is 3.52. The summed E-state index contributed by atoms with van der Waals surface area (Å²) in [5, 5.41) is 2.88. The van der Waals surface area contributed by atoms with Gasteiger partial charge in [0.1, 0.15) is 5.82 Å². The number of nitrogens with one attached hydrogen (secondary N) is 1. The second-order valence-electron chi connectivity index (χ2n) is 7.14. The molecule has 2 fully saturated rings. The average molecular weight is 439 g/mol. The Labute approximate surface area is 168 Å². The summed E-state index contributed by atoms with van der Waals surface area (Å²) in [6.45, 7) is 6.02. The molecule has 0 aromatic carbocycles. The third-order valence-electron chi connectivity index (χ3n) is 5.24. The average Bonchev–Trinajstić information content (AvgIpc) is 2.70. The minimum Gasteiger partial charge on any atom is -0.375 e. The Morgan fingerprint density at radius 1 is 1.30 bits per heavy atom. The summed E-state index contributed by atoms with van der Waals surface area (Å²) in [5.74, 6) is 0.710. The third kappa shape index (κ3) is 5.73. The standard InChI is InChI=1S/C19H27BrN4O3/c1-2-16-12-24(9-10-27-16)18(25)13-23-7-5-14(6-8-23)19(26)22-17-4-3-15(20)11-21-17/h3-4,11,14,16H,2,5-10,12-13H2,1H3,(H,21,22,26). The number of carbonyl (C=O) groups excluding carboxylic acids is 2. The van der Waals surface area contributed by atoms with E-state index in [1.165, 1.54) is 0 Å².